The summed E-state index contributed by atoms with van der Waals surface area (Å²) in [5, 5.41) is 3.73. The average molecular weight is 374 g/mol. The third kappa shape index (κ3) is 5.84. The Hall–Kier alpha value is -1.88. The topological polar surface area (TPSA) is 38.0 Å². The van der Waals surface area contributed by atoms with Crippen LogP contribution in [0.5, 0.6) is 0 Å². The fourth-order valence-corrected chi connectivity index (χ4v) is 3.80. The van der Waals surface area contributed by atoms with Gasteiger partial charge in [-0.1, -0.05) is 35.9 Å². The van der Waals surface area contributed by atoms with Crippen molar-refractivity contribution in [2.24, 2.45) is 0 Å². The van der Waals surface area contributed by atoms with Gasteiger partial charge in [0, 0.05) is 34.7 Å². The second-order valence-electron chi connectivity index (χ2n) is 7.32. The number of nitrogens with one attached hydrogen (secondary N) is 3. The van der Waals surface area contributed by atoms with Crippen molar-refractivity contribution in [1.82, 2.24) is 0 Å². The van der Waals surface area contributed by atoms with Crippen molar-refractivity contribution in [2.45, 2.75) is 25.9 Å². The lowest BCUT2D eigenvalue weighted by atomic mass is 10.2. The van der Waals surface area contributed by atoms with E-state index in [1.165, 1.54) is 31.5 Å². The number of carbonyl (C=O) groups excluding carboxylic acids is 1. The van der Waals surface area contributed by atoms with E-state index in [-0.39, 0.29) is 5.91 Å². The second-order valence-corrected chi connectivity index (χ2v) is 7.76. The highest BCUT2D eigenvalue weighted by molar-refractivity contribution is 6.30. The summed E-state index contributed by atoms with van der Waals surface area (Å²) in [6, 6.07) is 16.1. The monoisotopic (exact) mass is 373 g/mol. The molecule has 0 spiro atoms. The van der Waals surface area contributed by atoms with Gasteiger partial charge in [0.15, 0.2) is 6.54 Å². The second kappa shape index (κ2) is 9.17. The number of likely N-dealkylation sites (tertiary alicyclic amines) is 1. The molecule has 1 fully saturated rings. The Balaban J connectivity index is 1.46. The van der Waals surface area contributed by atoms with Gasteiger partial charge >= 0.3 is 0 Å². The summed E-state index contributed by atoms with van der Waals surface area (Å²) in [6.45, 7) is 4.83. The summed E-state index contributed by atoms with van der Waals surface area (Å²) in [5.74, 6) is 0.0300. The number of carbonyl (C=O) groups is 1. The van der Waals surface area contributed by atoms with Crippen molar-refractivity contribution in [2.75, 3.05) is 32.0 Å². The van der Waals surface area contributed by atoms with E-state index in [9.17, 15) is 4.79 Å². The minimum Gasteiger partial charge on any atom is -0.331 e. The van der Waals surface area contributed by atoms with Crippen molar-refractivity contribution in [3.05, 3.63) is 64.7 Å². The molecule has 1 unspecified atom stereocenters. The summed E-state index contributed by atoms with van der Waals surface area (Å²) >= 11 is 6.02. The molecule has 2 aromatic carbocycles. The maximum atomic E-state index is 12.3. The zero-order chi connectivity index (χ0) is 18.4. The van der Waals surface area contributed by atoms with Crippen LogP contribution in [-0.2, 0) is 17.9 Å². The van der Waals surface area contributed by atoms with Crippen molar-refractivity contribution in [1.29, 1.82) is 0 Å². The van der Waals surface area contributed by atoms with E-state index < -0.39 is 0 Å². The molecule has 0 saturated carbocycles. The molecular weight excluding hydrogens is 346 g/mol. The average Bonchev–Trinajstić information content (AvgIpc) is 3.09. The van der Waals surface area contributed by atoms with Gasteiger partial charge in [0.2, 0.25) is 0 Å². The highest BCUT2D eigenvalue weighted by atomic mass is 35.5. The molecule has 5 heteroatoms. The SMILES string of the molecule is C[NH+](CC(=O)Nc1ccc(C[NH+]2CCCC2)cc1)Cc1cccc(Cl)c1. The Labute approximate surface area is 160 Å². The van der Waals surface area contributed by atoms with Crippen LogP contribution in [0.2, 0.25) is 5.02 Å². The van der Waals surface area contributed by atoms with Crippen LogP contribution < -0.4 is 15.1 Å². The first-order valence-corrected chi connectivity index (χ1v) is 9.74. The quantitative estimate of drug-likeness (QED) is 0.669. The van der Waals surface area contributed by atoms with E-state index >= 15 is 0 Å². The first-order valence-electron chi connectivity index (χ1n) is 9.36. The van der Waals surface area contributed by atoms with Crippen LogP contribution in [0, 0.1) is 0 Å². The lowest BCUT2D eigenvalue weighted by Crippen LogP contribution is -3.08. The highest BCUT2D eigenvalue weighted by Gasteiger charge is 2.15. The molecule has 1 heterocycles. The summed E-state index contributed by atoms with van der Waals surface area (Å²) in [5.41, 5.74) is 3.34. The predicted molar refractivity (Wildman–Crippen MR) is 106 cm³/mol. The van der Waals surface area contributed by atoms with Gasteiger partial charge in [-0.25, -0.2) is 0 Å². The molecule has 0 aliphatic carbocycles. The molecule has 1 aliphatic rings. The Morgan fingerprint density at radius 2 is 1.85 bits per heavy atom. The molecule has 1 atom stereocenters. The zero-order valence-electron chi connectivity index (χ0n) is 15.4. The van der Waals surface area contributed by atoms with E-state index in [1.54, 1.807) is 4.90 Å². The van der Waals surface area contributed by atoms with Gasteiger partial charge in [-0.2, -0.15) is 0 Å². The number of anilines is 1. The zero-order valence-corrected chi connectivity index (χ0v) is 16.1. The lowest BCUT2D eigenvalue weighted by Gasteiger charge is -2.15. The molecular formula is C21H28ClN3O+2. The van der Waals surface area contributed by atoms with Gasteiger partial charge in [-0.05, 0) is 24.3 Å². The normalized spacial score (nSPS) is 15.8. The van der Waals surface area contributed by atoms with E-state index in [2.05, 4.69) is 17.4 Å². The molecule has 3 N–H and O–H groups in total. The maximum Gasteiger partial charge on any atom is 0.279 e. The summed E-state index contributed by atoms with van der Waals surface area (Å²) in [6.07, 6.45) is 2.68. The predicted octanol–water partition coefficient (Wildman–Crippen LogP) is 1.17. The van der Waals surface area contributed by atoms with Crippen molar-refractivity contribution in [3.8, 4) is 0 Å². The molecule has 1 amide bonds. The number of halogens is 1. The van der Waals surface area contributed by atoms with Gasteiger partial charge in [0.1, 0.15) is 13.1 Å². The van der Waals surface area contributed by atoms with Crippen molar-refractivity contribution in [3.63, 3.8) is 0 Å². The largest absolute Gasteiger partial charge is 0.331 e. The number of likely N-dealkylation sites (N-methyl/N-ethyl adjacent to an activating group) is 1. The van der Waals surface area contributed by atoms with Gasteiger partial charge < -0.3 is 15.1 Å². The van der Waals surface area contributed by atoms with Crippen LogP contribution in [-0.4, -0.2) is 32.6 Å². The third-order valence-corrected chi connectivity index (χ3v) is 5.09. The molecule has 0 bridgehead atoms. The van der Waals surface area contributed by atoms with Crippen LogP contribution in [0.15, 0.2) is 48.5 Å². The number of benzene rings is 2. The molecule has 1 saturated heterocycles. The standard InChI is InChI=1S/C21H26ClN3O/c1-24(14-18-5-4-6-19(22)13-18)16-21(26)23-20-9-7-17(8-10-20)15-25-11-2-3-12-25/h4-10,13H,2-3,11-12,14-16H2,1H3,(H,23,26)/p+2. The molecule has 138 valence electrons. The maximum absolute atomic E-state index is 12.3. The molecule has 3 rings (SSSR count). The van der Waals surface area contributed by atoms with E-state index in [4.69, 9.17) is 11.6 Å². The first-order chi connectivity index (χ1) is 12.6. The smallest absolute Gasteiger partial charge is 0.279 e. The molecule has 4 nitrogen and oxygen atoms in total. The van der Waals surface area contributed by atoms with E-state index in [1.807, 2.05) is 43.4 Å². The fourth-order valence-electron chi connectivity index (χ4n) is 3.58. The molecule has 0 radical (unpaired) electrons. The van der Waals surface area contributed by atoms with Gasteiger partial charge in [-0.3, -0.25) is 4.79 Å². The van der Waals surface area contributed by atoms with Crippen LogP contribution in [0.1, 0.15) is 24.0 Å². The Morgan fingerprint density at radius 3 is 2.54 bits per heavy atom. The van der Waals surface area contributed by atoms with E-state index in [0.717, 1.165) is 34.3 Å². The summed E-state index contributed by atoms with van der Waals surface area (Å²) in [4.78, 5) is 15.1. The summed E-state index contributed by atoms with van der Waals surface area (Å²) in [7, 11) is 2.02. The lowest BCUT2D eigenvalue weighted by molar-refractivity contribution is -0.901. The van der Waals surface area contributed by atoms with E-state index in [0.29, 0.717) is 6.54 Å². The van der Waals surface area contributed by atoms with Gasteiger partial charge in [-0.15, -0.1) is 0 Å². The van der Waals surface area contributed by atoms with Crippen molar-refractivity contribution < 1.29 is 14.6 Å². The highest BCUT2D eigenvalue weighted by Crippen LogP contribution is 2.10. The Bertz CT molecular complexity index is 726. The molecule has 2 aromatic rings. The summed E-state index contributed by atoms with van der Waals surface area (Å²) < 4.78 is 0. The first kappa shape index (κ1) is 18.9. The van der Waals surface area contributed by atoms with Crippen LogP contribution in [0.25, 0.3) is 0 Å². The number of hydrogen-bond acceptors (Lipinski definition) is 1. The number of amides is 1. The van der Waals surface area contributed by atoms with Gasteiger partial charge in [0.05, 0.1) is 20.1 Å². The number of quaternary nitrogens is 2. The minimum atomic E-state index is 0.0300. The molecule has 1 aliphatic heterocycles. The van der Waals surface area contributed by atoms with Crippen LogP contribution in [0.4, 0.5) is 5.69 Å². The fraction of sp³-hybridized carbons (Fsp3) is 0.381. The molecule has 0 aromatic heterocycles. The molecule has 26 heavy (non-hydrogen) atoms. The Kier molecular flexibility index (Phi) is 6.67. The van der Waals surface area contributed by atoms with Crippen molar-refractivity contribution >= 4 is 23.2 Å². The Morgan fingerprint density at radius 1 is 1.12 bits per heavy atom. The van der Waals surface area contributed by atoms with Gasteiger partial charge in [0.25, 0.3) is 5.91 Å². The third-order valence-electron chi connectivity index (χ3n) is 4.86. The minimum absolute atomic E-state index is 0.0300. The number of hydrogen-bond donors (Lipinski definition) is 3. The van der Waals surface area contributed by atoms with Crippen LogP contribution >= 0.6 is 11.6 Å². The van der Waals surface area contributed by atoms with Crippen LogP contribution in [0.3, 0.4) is 0 Å². The number of rotatable bonds is 7.